The Balaban J connectivity index is 1.79. The molecule has 1 aliphatic rings. The van der Waals surface area contributed by atoms with Crippen LogP contribution >= 0.6 is 0 Å². The third-order valence-corrected chi connectivity index (χ3v) is 6.55. The molecule has 35 heavy (non-hydrogen) atoms. The van der Waals surface area contributed by atoms with Crippen molar-refractivity contribution in [3.8, 4) is 17.2 Å². The largest absolute Gasteiger partial charge is 0.507 e. The molecule has 1 N–H and O–H groups in total. The van der Waals surface area contributed by atoms with E-state index in [1.165, 1.54) is 24.3 Å². The van der Waals surface area contributed by atoms with Crippen molar-refractivity contribution in [2.75, 3.05) is 13.1 Å². The molecule has 8 heteroatoms. The third kappa shape index (κ3) is 5.32. The molecule has 1 saturated heterocycles. The number of phenols is 1. The average Bonchev–Trinajstić information content (AvgIpc) is 2.77. The predicted molar refractivity (Wildman–Crippen MR) is 128 cm³/mol. The van der Waals surface area contributed by atoms with Gasteiger partial charge in [0.2, 0.25) is 11.2 Å². The average molecular weight is 490 g/mol. The maximum atomic E-state index is 14.0. The van der Waals surface area contributed by atoms with Crippen LogP contribution in [0.1, 0.15) is 57.4 Å². The first-order chi connectivity index (χ1) is 16.3. The fourth-order valence-corrected chi connectivity index (χ4v) is 4.30. The first-order valence-corrected chi connectivity index (χ1v) is 11.7. The zero-order valence-electron chi connectivity index (χ0n) is 20.3. The topological polar surface area (TPSA) is 62.9 Å². The van der Waals surface area contributed by atoms with Gasteiger partial charge in [-0.15, -0.1) is 0 Å². The molecule has 3 aromatic rings. The van der Waals surface area contributed by atoms with Crippen LogP contribution in [0.4, 0.5) is 13.2 Å². The molecule has 4 rings (SSSR count). The summed E-state index contributed by atoms with van der Waals surface area (Å²) in [5, 5.41) is 10.4. The lowest BCUT2D eigenvalue weighted by atomic mass is 9.87. The molecule has 0 atom stereocenters. The Morgan fingerprint density at radius 1 is 1.06 bits per heavy atom. The molecule has 0 saturated carbocycles. The summed E-state index contributed by atoms with van der Waals surface area (Å²) < 4.78 is 52.9. The monoisotopic (exact) mass is 489 g/mol. The molecule has 0 bridgehead atoms. The van der Waals surface area contributed by atoms with E-state index < -0.39 is 23.1 Å². The second kappa shape index (κ2) is 9.22. The van der Waals surface area contributed by atoms with Crippen LogP contribution < -0.4 is 10.2 Å². The molecule has 1 fully saturated rings. The quantitative estimate of drug-likeness (QED) is 0.435. The second-order valence-corrected chi connectivity index (χ2v) is 10.4. The number of nitrogens with zero attached hydrogens (tertiary/aromatic N) is 1. The van der Waals surface area contributed by atoms with Crippen molar-refractivity contribution in [1.82, 2.24) is 4.90 Å². The van der Waals surface area contributed by atoms with Crippen molar-refractivity contribution in [3.05, 3.63) is 63.5 Å². The van der Waals surface area contributed by atoms with E-state index in [4.69, 9.17) is 9.15 Å². The van der Waals surface area contributed by atoms with Gasteiger partial charge in [0.05, 0.1) is 10.9 Å². The molecule has 188 valence electrons. The highest BCUT2D eigenvalue weighted by molar-refractivity contribution is 5.83. The van der Waals surface area contributed by atoms with Crippen molar-refractivity contribution >= 4 is 11.0 Å². The van der Waals surface area contributed by atoms with E-state index in [9.17, 15) is 23.1 Å². The Morgan fingerprint density at radius 2 is 1.69 bits per heavy atom. The number of hydrogen-bond donors (Lipinski definition) is 1. The van der Waals surface area contributed by atoms with Crippen LogP contribution in [-0.2, 0) is 18.1 Å². The molecule has 0 amide bonds. The van der Waals surface area contributed by atoms with Gasteiger partial charge >= 0.3 is 6.18 Å². The summed E-state index contributed by atoms with van der Waals surface area (Å²) in [4.78, 5) is 15.3. The molecule has 1 aromatic heterocycles. The molecule has 0 radical (unpaired) electrons. The third-order valence-electron chi connectivity index (χ3n) is 6.55. The van der Waals surface area contributed by atoms with Gasteiger partial charge in [-0.3, -0.25) is 9.69 Å². The van der Waals surface area contributed by atoms with E-state index in [0.29, 0.717) is 5.92 Å². The number of fused-ring (bicyclic) bond motifs is 1. The summed E-state index contributed by atoms with van der Waals surface area (Å²) >= 11 is 0. The second-order valence-electron chi connectivity index (χ2n) is 10.4. The Kier molecular flexibility index (Phi) is 6.62. The highest BCUT2D eigenvalue weighted by atomic mass is 19.4. The van der Waals surface area contributed by atoms with Gasteiger partial charge in [-0.05, 0) is 67.1 Å². The lowest BCUT2D eigenvalue weighted by Crippen LogP contribution is -2.32. The van der Waals surface area contributed by atoms with Crippen LogP contribution in [0.3, 0.4) is 0 Å². The van der Waals surface area contributed by atoms with Crippen molar-refractivity contribution in [3.63, 3.8) is 0 Å². The van der Waals surface area contributed by atoms with Gasteiger partial charge in [0.25, 0.3) is 5.76 Å². The maximum absolute atomic E-state index is 14.0. The van der Waals surface area contributed by atoms with Crippen molar-refractivity contribution in [2.24, 2.45) is 5.92 Å². The molecule has 0 unspecified atom stereocenters. The van der Waals surface area contributed by atoms with E-state index in [-0.39, 0.29) is 40.0 Å². The molecule has 2 heterocycles. The molecule has 0 aliphatic carbocycles. The molecule has 1 aliphatic heterocycles. The lowest BCUT2D eigenvalue weighted by Gasteiger charge is -2.30. The highest BCUT2D eigenvalue weighted by Gasteiger charge is 2.41. The number of alkyl halides is 3. The SMILES string of the molecule is CC1CCN(Cc2c(O)ccc3c(=O)c(Oc4ccc(C(C)(C)C)cc4)c(C(F)(F)F)oc23)CC1. The highest BCUT2D eigenvalue weighted by Crippen LogP contribution is 2.40. The number of halogens is 3. The minimum Gasteiger partial charge on any atom is -0.507 e. The summed E-state index contributed by atoms with van der Waals surface area (Å²) in [7, 11) is 0. The normalized spacial score (nSPS) is 16.1. The molecule has 0 spiro atoms. The zero-order valence-corrected chi connectivity index (χ0v) is 20.3. The Bertz CT molecular complexity index is 1270. The predicted octanol–water partition coefficient (Wildman–Crippen LogP) is 6.84. The van der Waals surface area contributed by atoms with Crippen LogP contribution in [0.15, 0.2) is 45.6 Å². The summed E-state index contributed by atoms with van der Waals surface area (Å²) in [6.45, 7) is 9.88. The van der Waals surface area contributed by atoms with Crippen LogP contribution in [0.2, 0.25) is 0 Å². The van der Waals surface area contributed by atoms with Gasteiger partial charge in [0, 0.05) is 6.54 Å². The number of rotatable bonds is 4. The smallest absolute Gasteiger partial charge is 0.453 e. The summed E-state index contributed by atoms with van der Waals surface area (Å²) in [5.41, 5.74) is -0.217. The van der Waals surface area contributed by atoms with Gasteiger partial charge in [0.1, 0.15) is 17.1 Å². The number of likely N-dealkylation sites (tertiary alicyclic amines) is 1. The van der Waals surface area contributed by atoms with E-state index in [0.717, 1.165) is 31.5 Å². The molecule has 5 nitrogen and oxygen atoms in total. The molecular formula is C27H30F3NO4. The van der Waals surface area contributed by atoms with E-state index in [1.807, 2.05) is 25.7 Å². The Hall–Kier alpha value is -3.00. The van der Waals surface area contributed by atoms with E-state index in [1.54, 1.807) is 12.1 Å². The van der Waals surface area contributed by atoms with Crippen molar-refractivity contribution in [1.29, 1.82) is 0 Å². The number of aromatic hydroxyl groups is 1. The standard InChI is InChI=1S/C27H30F3NO4/c1-16-11-13-31(14-12-16)15-20-21(32)10-9-19-22(33)24(25(27(28,29)30)35-23(19)20)34-18-7-5-17(6-8-18)26(2,3)4/h5-10,16,32H,11-15H2,1-4H3. The van der Waals surface area contributed by atoms with E-state index in [2.05, 4.69) is 6.92 Å². The van der Waals surface area contributed by atoms with Crippen LogP contribution in [-0.4, -0.2) is 23.1 Å². The van der Waals surface area contributed by atoms with Crippen LogP contribution in [0.5, 0.6) is 17.2 Å². The minimum atomic E-state index is -4.97. The fourth-order valence-electron chi connectivity index (χ4n) is 4.30. The van der Waals surface area contributed by atoms with Gasteiger partial charge in [-0.1, -0.05) is 39.8 Å². The van der Waals surface area contributed by atoms with Gasteiger partial charge < -0.3 is 14.3 Å². The number of benzene rings is 2. The number of phenolic OH excluding ortho intramolecular Hbond substituents is 1. The maximum Gasteiger partial charge on any atom is 0.453 e. The minimum absolute atomic E-state index is 0.0718. The van der Waals surface area contributed by atoms with Crippen molar-refractivity contribution in [2.45, 2.75) is 58.7 Å². The number of hydrogen-bond acceptors (Lipinski definition) is 5. The number of piperidine rings is 1. The summed E-state index contributed by atoms with van der Waals surface area (Å²) in [6, 6.07) is 9.15. The van der Waals surface area contributed by atoms with Gasteiger partial charge in [-0.2, -0.15) is 13.2 Å². The van der Waals surface area contributed by atoms with E-state index >= 15 is 0 Å². The Morgan fingerprint density at radius 3 is 2.26 bits per heavy atom. The van der Waals surface area contributed by atoms with Crippen LogP contribution in [0.25, 0.3) is 11.0 Å². The zero-order chi connectivity index (χ0) is 25.5. The summed E-state index contributed by atoms with van der Waals surface area (Å²) in [5.74, 6) is -1.99. The van der Waals surface area contributed by atoms with Gasteiger partial charge in [-0.25, -0.2) is 0 Å². The number of ether oxygens (including phenoxy) is 1. The summed E-state index contributed by atoms with van der Waals surface area (Å²) in [6.07, 6.45) is -3.07. The fraction of sp³-hybridized carbons (Fsp3) is 0.444. The van der Waals surface area contributed by atoms with Gasteiger partial charge in [0.15, 0.2) is 0 Å². The first-order valence-electron chi connectivity index (χ1n) is 11.7. The van der Waals surface area contributed by atoms with Crippen LogP contribution in [0, 0.1) is 5.92 Å². The van der Waals surface area contributed by atoms with Crippen molar-refractivity contribution < 1.29 is 27.4 Å². The first kappa shape index (κ1) is 25.1. The Labute approximate surface area is 202 Å². The lowest BCUT2D eigenvalue weighted by molar-refractivity contribution is -0.154. The molecule has 2 aromatic carbocycles. The molecular weight excluding hydrogens is 459 g/mol.